The number of carbonyl (C=O) groups excluding carboxylic acids is 2. The molecular weight excluding hydrogens is 330 g/mol. The monoisotopic (exact) mass is 343 g/mol. The molecule has 0 saturated heterocycles. The molecule has 26 heavy (non-hydrogen) atoms. The summed E-state index contributed by atoms with van der Waals surface area (Å²) in [5.41, 5.74) is 2.50. The molecular formula is C21H13NO4. The highest BCUT2D eigenvalue weighted by Crippen LogP contribution is 2.40. The predicted octanol–water partition coefficient (Wildman–Crippen LogP) is 4.40. The first-order valence-electron chi connectivity index (χ1n) is 8.16. The molecule has 0 aliphatic carbocycles. The second-order valence-electron chi connectivity index (χ2n) is 6.11. The van der Waals surface area contributed by atoms with Crippen molar-refractivity contribution in [3.63, 3.8) is 0 Å². The van der Waals surface area contributed by atoms with Gasteiger partial charge in [0.1, 0.15) is 16.9 Å². The normalized spacial score (nSPS) is 13.7. The molecule has 4 aromatic rings. The molecule has 1 aromatic heterocycles. The Bertz CT molecular complexity index is 1190. The standard InChI is InChI=1S/C21H13NO4/c1-25-19-10-15-12-6-4-5-9-17(12)26-18(15)11-16(19)22-20(23)13-7-2-3-8-14(13)21(22)24/h2-11H,1H3. The van der Waals surface area contributed by atoms with E-state index < -0.39 is 0 Å². The number of imide groups is 1. The molecule has 0 saturated carbocycles. The van der Waals surface area contributed by atoms with Crippen LogP contribution in [-0.2, 0) is 0 Å². The van der Waals surface area contributed by atoms with Crippen LogP contribution >= 0.6 is 0 Å². The van der Waals surface area contributed by atoms with E-state index in [1.165, 1.54) is 7.11 Å². The third kappa shape index (κ3) is 1.85. The molecule has 5 rings (SSSR count). The maximum Gasteiger partial charge on any atom is 0.266 e. The first-order valence-corrected chi connectivity index (χ1v) is 8.16. The Morgan fingerprint density at radius 2 is 1.46 bits per heavy atom. The Hall–Kier alpha value is -3.60. The fourth-order valence-corrected chi connectivity index (χ4v) is 3.49. The summed E-state index contributed by atoms with van der Waals surface area (Å²) in [4.78, 5) is 26.8. The molecule has 5 heteroatoms. The van der Waals surface area contributed by atoms with Gasteiger partial charge < -0.3 is 9.15 Å². The number of methoxy groups -OCH3 is 1. The molecule has 0 bridgehead atoms. The average Bonchev–Trinajstić information content (AvgIpc) is 3.16. The van der Waals surface area contributed by atoms with Crippen molar-refractivity contribution in [2.75, 3.05) is 12.0 Å². The van der Waals surface area contributed by atoms with Gasteiger partial charge in [-0.15, -0.1) is 0 Å². The van der Waals surface area contributed by atoms with Crippen molar-refractivity contribution in [2.45, 2.75) is 0 Å². The molecule has 2 heterocycles. The zero-order valence-electron chi connectivity index (χ0n) is 13.9. The van der Waals surface area contributed by atoms with E-state index in [0.29, 0.717) is 28.1 Å². The Morgan fingerprint density at radius 3 is 2.15 bits per heavy atom. The van der Waals surface area contributed by atoms with Crippen LogP contribution in [-0.4, -0.2) is 18.9 Å². The van der Waals surface area contributed by atoms with Gasteiger partial charge in [0.2, 0.25) is 0 Å². The quantitative estimate of drug-likeness (QED) is 0.506. The highest BCUT2D eigenvalue weighted by Gasteiger charge is 2.38. The molecule has 0 N–H and O–H groups in total. The van der Waals surface area contributed by atoms with Crippen LogP contribution in [0.3, 0.4) is 0 Å². The summed E-state index contributed by atoms with van der Waals surface area (Å²) in [6.45, 7) is 0. The van der Waals surface area contributed by atoms with Crippen LogP contribution in [0.2, 0.25) is 0 Å². The third-order valence-electron chi connectivity index (χ3n) is 4.71. The van der Waals surface area contributed by atoms with E-state index in [0.717, 1.165) is 21.3 Å². The molecule has 0 unspecified atom stereocenters. The van der Waals surface area contributed by atoms with Crippen LogP contribution in [0.5, 0.6) is 5.75 Å². The maximum atomic E-state index is 12.8. The molecule has 0 fully saturated rings. The van der Waals surface area contributed by atoms with Gasteiger partial charge in [0.25, 0.3) is 11.8 Å². The second-order valence-corrected chi connectivity index (χ2v) is 6.11. The number of benzene rings is 3. The Balaban J connectivity index is 1.76. The van der Waals surface area contributed by atoms with Crippen LogP contribution in [0.1, 0.15) is 20.7 Å². The number of ether oxygens (including phenoxy) is 1. The van der Waals surface area contributed by atoms with Crippen molar-refractivity contribution < 1.29 is 18.7 Å². The van der Waals surface area contributed by atoms with Gasteiger partial charge in [0, 0.05) is 16.8 Å². The summed E-state index contributed by atoms with van der Waals surface area (Å²) in [6.07, 6.45) is 0. The fraction of sp³-hybridized carbons (Fsp3) is 0.0476. The number of furan rings is 1. The molecule has 1 aliphatic heterocycles. The van der Waals surface area contributed by atoms with Gasteiger partial charge >= 0.3 is 0 Å². The highest BCUT2D eigenvalue weighted by atomic mass is 16.5. The number of nitrogens with zero attached hydrogens (tertiary/aromatic N) is 1. The first kappa shape index (κ1) is 14.7. The number of carbonyl (C=O) groups is 2. The van der Waals surface area contributed by atoms with Crippen molar-refractivity contribution in [3.05, 3.63) is 71.8 Å². The minimum absolute atomic E-state index is 0.362. The Labute approximate surface area is 148 Å². The van der Waals surface area contributed by atoms with Crippen molar-refractivity contribution in [1.29, 1.82) is 0 Å². The molecule has 0 spiro atoms. The lowest BCUT2D eigenvalue weighted by atomic mass is 10.1. The van der Waals surface area contributed by atoms with E-state index in [2.05, 4.69) is 0 Å². The number of para-hydroxylation sites is 1. The van der Waals surface area contributed by atoms with Crippen molar-refractivity contribution >= 4 is 39.4 Å². The van der Waals surface area contributed by atoms with E-state index in [9.17, 15) is 9.59 Å². The lowest BCUT2D eigenvalue weighted by Gasteiger charge is -2.17. The number of hydrogen-bond donors (Lipinski definition) is 0. The number of anilines is 1. The molecule has 5 nitrogen and oxygen atoms in total. The van der Waals surface area contributed by atoms with Gasteiger partial charge in [0.15, 0.2) is 0 Å². The largest absolute Gasteiger partial charge is 0.495 e. The van der Waals surface area contributed by atoms with Gasteiger partial charge in [0.05, 0.1) is 23.9 Å². The summed E-state index contributed by atoms with van der Waals surface area (Å²) >= 11 is 0. The SMILES string of the molecule is COc1cc2c(cc1N1C(=O)c3ccccc3C1=O)oc1ccccc12. The smallest absolute Gasteiger partial charge is 0.266 e. The lowest BCUT2D eigenvalue weighted by molar-refractivity contribution is 0.0925. The summed E-state index contributed by atoms with van der Waals surface area (Å²) in [7, 11) is 1.52. The zero-order valence-corrected chi connectivity index (χ0v) is 13.9. The first-order chi connectivity index (χ1) is 12.7. The Morgan fingerprint density at radius 1 is 0.808 bits per heavy atom. The number of rotatable bonds is 2. The predicted molar refractivity (Wildman–Crippen MR) is 97.9 cm³/mol. The third-order valence-corrected chi connectivity index (χ3v) is 4.71. The van der Waals surface area contributed by atoms with Crippen LogP contribution in [0, 0.1) is 0 Å². The van der Waals surface area contributed by atoms with Gasteiger partial charge in [-0.25, -0.2) is 4.90 Å². The highest BCUT2D eigenvalue weighted by molar-refractivity contribution is 6.35. The second kappa shape index (κ2) is 5.20. The van der Waals surface area contributed by atoms with Crippen LogP contribution in [0.4, 0.5) is 5.69 Å². The van der Waals surface area contributed by atoms with E-state index >= 15 is 0 Å². The minimum atomic E-state index is -0.362. The summed E-state index contributed by atoms with van der Waals surface area (Å²) in [5, 5.41) is 1.83. The van der Waals surface area contributed by atoms with Crippen molar-refractivity contribution in [3.8, 4) is 5.75 Å². The topological polar surface area (TPSA) is 59.8 Å². The average molecular weight is 343 g/mol. The van der Waals surface area contributed by atoms with E-state index in [1.807, 2.05) is 24.3 Å². The number of amides is 2. The van der Waals surface area contributed by atoms with Gasteiger partial charge in [-0.3, -0.25) is 9.59 Å². The van der Waals surface area contributed by atoms with E-state index in [1.54, 1.807) is 36.4 Å². The molecule has 0 radical (unpaired) electrons. The fourth-order valence-electron chi connectivity index (χ4n) is 3.49. The molecule has 0 atom stereocenters. The van der Waals surface area contributed by atoms with E-state index in [-0.39, 0.29) is 11.8 Å². The molecule has 3 aromatic carbocycles. The van der Waals surface area contributed by atoms with Gasteiger partial charge in [-0.1, -0.05) is 30.3 Å². The number of hydrogen-bond acceptors (Lipinski definition) is 4. The minimum Gasteiger partial charge on any atom is -0.495 e. The van der Waals surface area contributed by atoms with Crippen LogP contribution in [0.15, 0.2) is 65.1 Å². The van der Waals surface area contributed by atoms with Crippen LogP contribution < -0.4 is 9.64 Å². The Kier molecular flexibility index (Phi) is 2.94. The van der Waals surface area contributed by atoms with Gasteiger partial charge in [-0.05, 0) is 24.3 Å². The maximum absolute atomic E-state index is 12.8. The van der Waals surface area contributed by atoms with Crippen molar-refractivity contribution in [1.82, 2.24) is 0 Å². The zero-order chi connectivity index (χ0) is 17.8. The summed E-state index contributed by atoms with van der Waals surface area (Å²) in [5.74, 6) is -0.280. The lowest BCUT2D eigenvalue weighted by Crippen LogP contribution is -2.29. The van der Waals surface area contributed by atoms with Crippen molar-refractivity contribution in [2.24, 2.45) is 0 Å². The van der Waals surface area contributed by atoms with Crippen LogP contribution in [0.25, 0.3) is 21.9 Å². The van der Waals surface area contributed by atoms with E-state index in [4.69, 9.17) is 9.15 Å². The summed E-state index contributed by atoms with van der Waals surface area (Å²) < 4.78 is 11.4. The summed E-state index contributed by atoms with van der Waals surface area (Å²) in [6, 6.07) is 18.0. The van der Waals surface area contributed by atoms with Gasteiger partial charge in [-0.2, -0.15) is 0 Å². The molecule has 1 aliphatic rings. The molecule has 126 valence electrons. The number of fused-ring (bicyclic) bond motifs is 4. The molecule has 2 amide bonds.